The monoisotopic (exact) mass is 655 g/mol. The fraction of sp³-hybridized carbons (Fsp3) is 0.605. The van der Waals surface area contributed by atoms with Gasteiger partial charge in [-0.05, 0) is 120 Å². The number of carbonyl (C=O) groups excluding carboxylic acids is 2. The number of hydrogen-bond donors (Lipinski definition) is 0. The summed E-state index contributed by atoms with van der Waals surface area (Å²) in [5, 5.41) is 0. The average molecular weight is 656 g/mol. The first-order chi connectivity index (χ1) is 23.4. The summed E-state index contributed by atoms with van der Waals surface area (Å²) in [5.41, 5.74) is 3.77. The molecule has 1 saturated heterocycles. The summed E-state index contributed by atoms with van der Waals surface area (Å²) in [4.78, 5) is 44.9. The van der Waals surface area contributed by atoms with Crippen LogP contribution in [0.3, 0.4) is 0 Å². The lowest BCUT2D eigenvalue weighted by atomic mass is 9.79. The maximum absolute atomic E-state index is 14.4. The van der Waals surface area contributed by atoms with E-state index in [1.54, 1.807) is 19.6 Å². The van der Waals surface area contributed by atoms with Crippen LogP contribution in [0.4, 0.5) is 10.6 Å². The lowest BCUT2D eigenvalue weighted by molar-refractivity contribution is -0.124. The average Bonchev–Trinajstić information content (AvgIpc) is 3.58. The van der Waals surface area contributed by atoms with Crippen molar-refractivity contribution in [2.24, 2.45) is 17.8 Å². The number of carbonyl (C=O) groups is 2. The highest BCUT2D eigenvalue weighted by atomic mass is 16.6. The number of pyridine rings is 2. The fourth-order valence-electron chi connectivity index (χ4n) is 7.85. The Morgan fingerprint density at radius 2 is 1.65 bits per heavy atom. The zero-order chi connectivity index (χ0) is 33.0. The highest BCUT2D eigenvalue weighted by Crippen LogP contribution is 2.41. The van der Waals surface area contributed by atoms with Crippen LogP contribution in [0, 0.1) is 24.7 Å². The molecule has 1 aliphatic heterocycles. The number of anilines is 1. The SMILES string of the molecule is COc1ccc(C2CCC(CN(C(=O)C3CCC(COC(=O)N4CCCC4)CC3)c3cc(-c4coc(C5CC5)n4)ccn3)CC2)nc1C. The molecule has 0 atom stereocenters. The van der Waals surface area contributed by atoms with Gasteiger partial charge in [-0.3, -0.25) is 14.7 Å². The van der Waals surface area contributed by atoms with Gasteiger partial charge in [0.2, 0.25) is 5.91 Å². The van der Waals surface area contributed by atoms with Gasteiger partial charge < -0.3 is 18.8 Å². The topological polar surface area (TPSA) is 111 Å². The predicted molar refractivity (Wildman–Crippen MR) is 182 cm³/mol. The number of aromatic nitrogens is 3. The molecular weight excluding hydrogens is 606 g/mol. The van der Waals surface area contributed by atoms with Gasteiger partial charge in [0.25, 0.3) is 0 Å². The number of nitrogens with zero attached hydrogens (tertiary/aromatic N) is 5. The van der Waals surface area contributed by atoms with Crippen molar-refractivity contribution in [3.63, 3.8) is 0 Å². The third-order valence-corrected chi connectivity index (χ3v) is 11.0. The molecule has 2 amide bonds. The van der Waals surface area contributed by atoms with Crippen LogP contribution in [0.25, 0.3) is 11.3 Å². The van der Waals surface area contributed by atoms with Gasteiger partial charge in [0.05, 0.1) is 19.4 Å². The number of ether oxygens (including phenoxy) is 2. The molecule has 0 spiro atoms. The Kier molecular flexibility index (Phi) is 9.96. The van der Waals surface area contributed by atoms with Crippen molar-refractivity contribution < 1.29 is 23.5 Å². The number of amides is 2. The van der Waals surface area contributed by atoms with Gasteiger partial charge in [0.1, 0.15) is 23.5 Å². The first-order valence-electron chi connectivity index (χ1n) is 18.1. The maximum atomic E-state index is 14.4. The van der Waals surface area contributed by atoms with Crippen molar-refractivity contribution in [1.29, 1.82) is 0 Å². The third kappa shape index (κ3) is 7.52. The van der Waals surface area contributed by atoms with Crippen LogP contribution in [0.2, 0.25) is 0 Å². The van der Waals surface area contributed by atoms with E-state index >= 15 is 0 Å². The van der Waals surface area contributed by atoms with Gasteiger partial charge in [0.15, 0.2) is 5.89 Å². The predicted octanol–water partition coefficient (Wildman–Crippen LogP) is 7.67. The van der Waals surface area contributed by atoms with Crippen molar-refractivity contribution in [2.75, 3.05) is 38.3 Å². The fourth-order valence-corrected chi connectivity index (χ4v) is 7.85. The summed E-state index contributed by atoms with van der Waals surface area (Å²) < 4.78 is 16.9. The van der Waals surface area contributed by atoms with E-state index in [0.717, 1.165) is 124 Å². The van der Waals surface area contributed by atoms with Crippen molar-refractivity contribution >= 4 is 17.8 Å². The van der Waals surface area contributed by atoms with Crippen LogP contribution >= 0.6 is 0 Å². The lowest BCUT2D eigenvalue weighted by Crippen LogP contribution is -2.42. The summed E-state index contributed by atoms with van der Waals surface area (Å²) in [7, 11) is 1.68. The van der Waals surface area contributed by atoms with Gasteiger partial charge in [-0.2, -0.15) is 0 Å². The summed E-state index contributed by atoms with van der Waals surface area (Å²) in [6.07, 6.45) is 15.2. The number of rotatable bonds is 10. The zero-order valence-electron chi connectivity index (χ0n) is 28.4. The van der Waals surface area contributed by atoms with Gasteiger partial charge in [-0.25, -0.2) is 14.8 Å². The van der Waals surface area contributed by atoms with E-state index in [-0.39, 0.29) is 17.9 Å². The maximum Gasteiger partial charge on any atom is 0.409 e. The van der Waals surface area contributed by atoms with E-state index in [0.29, 0.717) is 42.6 Å². The number of likely N-dealkylation sites (tertiary alicyclic amines) is 1. The Labute approximate surface area is 283 Å². The molecule has 3 aromatic heterocycles. The highest BCUT2D eigenvalue weighted by Gasteiger charge is 2.34. The molecular formula is C38H49N5O5. The van der Waals surface area contributed by atoms with Gasteiger partial charge in [-0.15, -0.1) is 0 Å². The molecule has 4 aliphatic rings. The van der Waals surface area contributed by atoms with Crippen LogP contribution in [0.15, 0.2) is 41.1 Å². The van der Waals surface area contributed by atoms with E-state index in [1.165, 1.54) is 0 Å². The van der Waals surface area contributed by atoms with Gasteiger partial charge >= 0.3 is 6.09 Å². The molecule has 3 aromatic rings. The zero-order valence-corrected chi connectivity index (χ0v) is 28.4. The molecule has 10 nitrogen and oxygen atoms in total. The number of oxazole rings is 1. The minimum atomic E-state index is -0.188. The molecule has 3 aliphatic carbocycles. The Balaban J connectivity index is 1.02. The molecule has 0 radical (unpaired) electrons. The second-order valence-corrected chi connectivity index (χ2v) is 14.4. The largest absolute Gasteiger partial charge is 0.495 e. The second-order valence-electron chi connectivity index (χ2n) is 14.4. The standard InChI is InChI=1S/C38H49N5O5/c1-25-34(46-2)16-15-32(40-25)28-9-5-26(6-10-28)22-43(35-21-31(17-18-39-35)33-24-47-36(41-33)29-13-14-29)37(44)30-11-7-27(8-12-30)23-48-38(45)42-19-3-4-20-42/h15-18,21,24,26-30H,3-14,19-20,22-23H2,1-2H3. The number of methoxy groups -OCH3 is 1. The Morgan fingerprint density at radius 1 is 0.917 bits per heavy atom. The molecule has 48 heavy (non-hydrogen) atoms. The van der Waals surface area contributed by atoms with E-state index in [1.807, 2.05) is 34.9 Å². The number of hydrogen-bond acceptors (Lipinski definition) is 8. The van der Waals surface area contributed by atoms with E-state index in [9.17, 15) is 9.59 Å². The molecule has 0 unspecified atom stereocenters. The summed E-state index contributed by atoms with van der Waals surface area (Å²) in [6, 6.07) is 8.08. The Hall–Kier alpha value is -3.95. The summed E-state index contributed by atoms with van der Waals surface area (Å²) in [6.45, 7) is 4.68. The summed E-state index contributed by atoms with van der Waals surface area (Å²) in [5.74, 6) is 3.92. The van der Waals surface area contributed by atoms with Crippen molar-refractivity contribution in [1.82, 2.24) is 19.9 Å². The van der Waals surface area contributed by atoms with Crippen LogP contribution in [0.1, 0.15) is 106 Å². The summed E-state index contributed by atoms with van der Waals surface area (Å²) >= 11 is 0. The minimum Gasteiger partial charge on any atom is -0.495 e. The molecule has 0 N–H and O–H groups in total. The first-order valence-corrected chi connectivity index (χ1v) is 18.1. The molecule has 0 bridgehead atoms. The normalized spacial score (nSPS) is 24.3. The quantitative estimate of drug-likeness (QED) is 0.219. The Bertz CT molecular complexity index is 1560. The smallest absolute Gasteiger partial charge is 0.409 e. The minimum absolute atomic E-state index is 0.0719. The number of aryl methyl sites for hydroxylation is 1. The van der Waals surface area contributed by atoms with E-state index in [4.69, 9.17) is 28.8 Å². The second kappa shape index (κ2) is 14.7. The van der Waals surface area contributed by atoms with Gasteiger partial charge in [-0.1, -0.05) is 0 Å². The Morgan fingerprint density at radius 3 is 2.35 bits per heavy atom. The molecule has 7 rings (SSSR count). The first kappa shape index (κ1) is 32.6. The molecule has 3 saturated carbocycles. The van der Waals surface area contributed by atoms with E-state index < -0.39 is 0 Å². The highest BCUT2D eigenvalue weighted by molar-refractivity contribution is 5.94. The van der Waals surface area contributed by atoms with Gasteiger partial charge in [0, 0.05) is 54.8 Å². The molecule has 4 heterocycles. The lowest BCUT2D eigenvalue weighted by Gasteiger charge is -2.35. The van der Waals surface area contributed by atoms with Crippen LogP contribution in [-0.2, 0) is 9.53 Å². The van der Waals surface area contributed by atoms with Crippen LogP contribution < -0.4 is 9.64 Å². The molecule has 0 aromatic carbocycles. The van der Waals surface area contributed by atoms with Crippen molar-refractivity contribution in [3.8, 4) is 17.0 Å². The van der Waals surface area contributed by atoms with Crippen LogP contribution in [-0.4, -0.2) is 65.2 Å². The van der Waals surface area contributed by atoms with E-state index in [2.05, 4.69) is 6.07 Å². The molecule has 4 fully saturated rings. The molecule has 10 heteroatoms. The van der Waals surface area contributed by atoms with Crippen LogP contribution in [0.5, 0.6) is 5.75 Å². The van der Waals surface area contributed by atoms with Crippen molar-refractivity contribution in [2.45, 2.75) is 95.8 Å². The van der Waals surface area contributed by atoms with Crippen molar-refractivity contribution in [3.05, 3.63) is 54.0 Å². The third-order valence-electron chi connectivity index (χ3n) is 11.0. The molecule has 256 valence electrons.